The molecule has 0 unspecified atom stereocenters. The quantitative estimate of drug-likeness (QED) is 0.465. The first kappa shape index (κ1) is 19.9. The molecule has 0 heterocycles. The van der Waals surface area contributed by atoms with Crippen molar-refractivity contribution in [2.75, 3.05) is 9.44 Å². The summed E-state index contributed by atoms with van der Waals surface area (Å²) in [5, 5.41) is 1.32. The summed E-state index contributed by atoms with van der Waals surface area (Å²) in [7, 11) is -8.06. The van der Waals surface area contributed by atoms with Gasteiger partial charge in [-0.2, -0.15) is 0 Å². The van der Waals surface area contributed by atoms with E-state index in [4.69, 9.17) is 0 Å². The van der Waals surface area contributed by atoms with Crippen LogP contribution in [0.4, 0.5) is 11.4 Å². The van der Waals surface area contributed by atoms with Gasteiger partial charge in [0.1, 0.15) is 4.90 Å². The number of nitrogens with one attached hydrogen (secondary N) is 2. The standard InChI is InChI=1S/C22H18N2O4S2/c25-29(26,21-16-8-10-17-9-4-5-13-19(17)21)24-20-14-6-7-15-22(20)30(27,28)23-18-11-2-1-3-12-18/h1-16,23-24H. The Morgan fingerprint density at radius 1 is 0.500 bits per heavy atom. The van der Waals surface area contributed by atoms with Crippen molar-refractivity contribution < 1.29 is 16.8 Å². The second kappa shape index (κ2) is 7.81. The monoisotopic (exact) mass is 438 g/mol. The Morgan fingerprint density at radius 3 is 1.87 bits per heavy atom. The second-order valence-corrected chi connectivity index (χ2v) is 9.85. The van der Waals surface area contributed by atoms with Crippen LogP contribution in [-0.2, 0) is 20.0 Å². The Bertz CT molecular complexity index is 1410. The van der Waals surface area contributed by atoms with Gasteiger partial charge in [-0.25, -0.2) is 16.8 Å². The van der Waals surface area contributed by atoms with Crippen molar-refractivity contribution in [3.05, 3.63) is 97.1 Å². The summed E-state index contributed by atoms with van der Waals surface area (Å²) >= 11 is 0. The summed E-state index contributed by atoms with van der Waals surface area (Å²) in [6, 6.07) is 26.3. The molecule has 6 nitrogen and oxygen atoms in total. The molecule has 0 saturated heterocycles. The van der Waals surface area contributed by atoms with Crippen LogP contribution in [0.5, 0.6) is 0 Å². The van der Waals surface area contributed by atoms with Crippen LogP contribution >= 0.6 is 0 Å². The molecule has 2 N–H and O–H groups in total. The number of rotatable bonds is 6. The van der Waals surface area contributed by atoms with Gasteiger partial charge in [0.15, 0.2) is 0 Å². The van der Waals surface area contributed by atoms with E-state index in [9.17, 15) is 16.8 Å². The van der Waals surface area contributed by atoms with Gasteiger partial charge in [0.05, 0.1) is 10.6 Å². The van der Waals surface area contributed by atoms with E-state index in [0.717, 1.165) is 5.39 Å². The summed E-state index contributed by atoms with van der Waals surface area (Å²) in [4.78, 5) is -0.0958. The fraction of sp³-hybridized carbons (Fsp3) is 0. The van der Waals surface area contributed by atoms with E-state index in [1.807, 2.05) is 18.2 Å². The number of hydrogen-bond donors (Lipinski definition) is 2. The molecule has 8 heteroatoms. The fourth-order valence-electron chi connectivity index (χ4n) is 3.13. The maximum atomic E-state index is 13.1. The van der Waals surface area contributed by atoms with Crippen LogP contribution in [0.1, 0.15) is 0 Å². The third-order valence-corrected chi connectivity index (χ3v) is 7.35. The average molecular weight is 439 g/mol. The zero-order valence-electron chi connectivity index (χ0n) is 15.7. The molecular weight excluding hydrogens is 420 g/mol. The molecule has 0 bridgehead atoms. The Labute approximate surface area is 175 Å². The van der Waals surface area contributed by atoms with Crippen molar-refractivity contribution in [2.45, 2.75) is 9.79 Å². The predicted octanol–water partition coefficient (Wildman–Crippen LogP) is 4.44. The topological polar surface area (TPSA) is 92.3 Å². The largest absolute Gasteiger partial charge is 0.280 e. The number of sulfonamides is 2. The van der Waals surface area contributed by atoms with Crippen molar-refractivity contribution in [1.82, 2.24) is 0 Å². The normalized spacial score (nSPS) is 11.9. The number of fused-ring (bicyclic) bond motifs is 1. The molecule has 4 rings (SSSR count). The first-order valence-electron chi connectivity index (χ1n) is 9.04. The smallest absolute Gasteiger partial charge is 0.263 e. The van der Waals surface area contributed by atoms with E-state index in [1.54, 1.807) is 54.6 Å². The number of anilines is 2. The first-order valence-corrected chi connectivity index (χ1v) is 12.0. The minimum atomic E-state index is -4.04. The molecule has 0 fully saturated rings. The van der Waals surface area contributed by atoms with Crippen molar-refractivity contribution in [3.8, 4) is 0 Å². The lowest BCUT2D eigenvalue weighted by atomic mass is 10.1. The van der Waals surface area contributed by atoms with Crippen LogP contribution in [0.15, 0.2) is 107 Å². The Kier molecular flexibility index (Phi) is 5.19. The summed E-state index contributed by atoms with van der Waals surface area (Å²) in [6.45, 7) is 0. The molecule has 0 aliphatic heterocycles. The van der Waals surface area contributed by atoms with E-state index in [-0.39, 0.29) is 15.5 Å². The van der Waals surface area contributed by atoms with Crippen molar-refractivity contribution in [3.63, 3.8) is 0 Å². The van der Waals surface area contributed by atoms with Gasteiger partial charge < -0.3 is 0 Å². The lowest BCUT2D eigenvalue weighted by molar-refractivity contribution is 0.601. The molecule has 0 aliphatic carbocycles. The van der Waals surface area contributed by atoms with E-state index >= 15 is 0 Å². The van der Waals surface area contributed by atoms with Gasteiger partial charge in [-0.15, -0.1) is 0 Å². The summed E-state index contributed by atoms with van der Waals surface area (Å²) in [5.41, 5.74) is 0.345. The molecule has 0 saturated carbocycles. The molecule has 152 valence electrons. The highest BCUT2D eigenvalue weighted by atomic mass is 32.2. The lowest BCUT2D eigenvalue weighted by Crippen LogP contribution is -2.19. The molecule has 0 aromatic heterocycles. The van der Waals surface area contributed by atoms with Crippen LogP contribution in [0, 0.1) is 0 Å². The molecule has 0 atom stereocenters. The second-order valence-electron chi connectivity index (χ2n) is 6.55. The lowest BCUT2D eigenvalue weighted by Gasteiger charge is -2.15. The van der Waals surface area contributed by atoms with E-state index < -0.39 is 20.0 Å². The highest BCUT2D eigenvalue weighted by Gasteiger charge is 2.23. The van der Waals surface area contributed by atoms with Crippen LogP contribution in [0.2, 0.25) is 0 Å². The Hall–Kier alpha value is -3.36. The zero-order chi connectivity index (χ0) is 21.2. The first-order chi connectivity index (χ1) is 14.4. The molecule has 0 spiro atoms. The van der Waals surface area contributed by atoms with Crippen LogP contribution in [-0.4, -0.2) is 16.8 Å². The predicted molar refractivity (Wildman–Crippen MR) is 118 cm³/mol. The van der Waals surface area contributed by atoms with Crippen LogP contribution in [0.3, 0.4) is 0 Å². The molecule has 30 heavy (non-hydrogen) atoms. The van der Waals surface area contributed by atoms with Crippen LogP contribution < -0.4 is 9.44 Å². The minimum Gasteiger partial charge on any atom is -0.280 e. The maximum absolute atomic E-state index is 13.1. The molecule has 4 aromatic carbocycles. The van der Waals surface area contributed by atoms with Crippen molar-refractivity contribution >= 4 is 42.2 Å². The van der Waals surface area contributed by atoms with Gasteiger partial charge >= 0.3 is 0 Å². The molecule has 4 aromatic rings. The number of benzene rings is 4. The van der Waals surface area contributed by atoms with Crippen molar-refractivity contribution in [2.24, 2.45) is 0 Å². The third kappa shape index (κ3) is 4.00. The van der Waals surface area contributed by atoms with Crippen LogP contribution in [0.25, 0.3) is 10.8 Å². The fourth-order valence-corrected chi connectivity index (χ4v) is 5.73. The average Bonchev–Trinajstić information content (AvgIpc) is 2.74. The van der Waals surface area contributed by atoms with Gasteiger partial charge in [-0.05, 0) is 35.7 Å². The zero-order valence-corrected chi connectivity index (χ0v) is 17.3. The summed E-state index contributed by atoms with van der Waals surface area (Å²) < 4.78 is 57.0. The van der Waals surface area contributed by atoms with Gasteiger partial charge in [0.25, 0.3) is 20.0 Å². The number of para-hydroxylation sites is 2. The summed E-state index contributed by atoms with van der Waals surface area (Å²) in [5.74, 6) is 0. The van der Waals surface area contributed by atoms with E-state index in [2.05, 4.69) is 9.44 Å². The highest BCUT2D eigenvalue weighted by molar-refractivity contribution is 7.94. The maximum Gasteiger partial charge on any atom is 0.263 e. The van der Waals surface area contributed by atoms with Gasteiger partial charge in [-0.1, -0.05) is 66.7 Å². The SMILES string of the molecule is O=S(=O)(Nc1ccccc1)c1ccccc1NS(=O)(=O)c1cccc2ccccc12. The van der Waals surface area contributed by atoms with Crippen molar-refractivity contribution in [1.29, 1.82) is 0 Å². The molecular formula is C22H18N2O4S2. The van der Waals surface area contributed by atoms with Gasteiger partial charge in [-0.3, -0.25) is 9.44 Å². The van der Waals surface area contributed by atoms with E-state index in [0.29, 0.717) is 11.1 Å². The third-order valence-electron chi connectivity index (χ3n) is 4.49. The molecule has 0 amide bonds. The number of hydrogen-bond acceptors (Lipinski definition) is 4. The summed E-state index contributed by atoms with van der Waals surface area (Å²) in [6.07, 6.45) is 0. The molecule has 0 radical (unpaired) electrons. The van der Waals surface area contributed by atoms with E-state index in [1.165, 1.54) is 24.3 Å². The molecule has 0 aliphatic rings. The highest BCUT2D eigenvalue weighted by Crippen LogP contribution is 2.28. The van der Waals surface area contributed by atoms with Gasteiger partial charge in [0.2, 0.25) is 0 Å². The minimum absolute atomic E-state index is 0.0335. The van der Waals surface area contributed by atoms with Gasteiger partial charge in [0, 0.05) is 11.1 Å². The Balaban J connectivity index is 1.74. The Morgan fingerprint density at radius 2 is 1.07 bits per heavy atom.